The van der Waals surface area contributed by atoms with Gasteiger partial charge in [0.25, 0.3) is 0 Å². The van der Waals surface area contributed by atoms with E-state index in [1.54, 1.807) is 4.68 Å². The van der Waals surface area contributed by atoms with E-state index in [2.05, 4.69) is 35.6 Å². The first-order valence-electron chi connectivity index (χ1n) is 6.28. The van der Waals surface area contributed by atoms with Gasteiger partial charge in [0, 0.05) is 44.2 Å². The predicted molar refractivity (Wildman–Crippen MR) is 72.0 cm³/mol. The third kappa shape index (κ3) is 2.98. The van der Waals surface area contributed by atoms with Crippen molar-refractivity contribution in [3.63, 3.8) is 0 Å². The molecule has 5 nitrogen and oxygen atoms in total. The van der Waals surface area contributed by atoms with Gasteiger partial charge < -0.3 is 5.32 Å². The third-order valence-electron chi connectivity index (χ3n) is 2.75. The van der Waals surface area contributed by atoms with Gasteiger partial charge >= 0.3 is 0 Å². The Labute approximate surface area is 108 Å². The quantitative estimate of drug-likeness (QED) is 0.872. The fourth-order valence-corrected chi connectivity index (χ4v) is 1.95. The Morgan fingerprint density at radius 2 is 2.00 bits per heavy atom. The van der Waals surface area contributed by atoms with E-state index >= 15 is 0 Å². The molecule has 0 saturated heterocycles. The first-order valence-corrected chi connectivity index (χ1v) is 6.28. The van der Waals surface area contributed by atoms with Gasteiger partial charge in [-0.3, -0.25) is 9.36 Å². The number of aromatic nitrogens is 4. The first kappa shape index (κ1) is 12.8. The molecule has 2 aromatic heterocycles. The summed E-state index contributed by atoms with van der Waals surface area (Å²) in [6.07, 6.45) is 5.91. The van der Waals surface area contributed by atoms with Crippen LogP contribution in [0.25, 0.3) is 11.3 Å². The van der Waals surface area contributed by atoms with Crippen LogP contribution in [0.5, 0.6) is 0 Å². The van der Waals surface area contributed by atoms with E-state index in [-0.39, 0.29) is 0 Å². The van der Waals surface area contributed by atoms with Crippen LogP contribution in [0.4, 0.5) is 0 Å². The number of hydrogen-bond acceptors (Lipinski definition) is 3. The summed E-state index contributed by atoms with van der Waals surface area (Å²) in [5.41, 5.74) is 3.30. The van der Waals surface area contributed by atoms with Gasteiger partial charge in [-0.15, -0.1) is 0 Å². The third-order valence-corrected chi connectivity index (χ3v) is 2.75. The second kappa shape index (κ2) is 5.35. The van der Waals surface area contributed by atoms with E-state index < -0.39 is 0 Å². The van der Waals surface area contributed by atoms with E-state index in [4.69, 9.17) is 0 Å². The van der Waals surface area contributed by atoms with Gasteiger partial charge in [0.05, 0.1) is 11.9 Å². The SMILES string of the molecule is CC(C)CNCc1cn(C)nc1-c1cnn(C)c1. The highest BCUT2D eigenvalue weighted by Crippen LogP contribution is 2.20. The van der Waals surface area contributed by atoms with Crippen LogP contribution >= 0.6 is 0 Å². The van der Waals surface area contributed by atoms with Crippen molar-refractivity contribution in [2.75, 3.05) is 6.54 Å². The average molecular weight is 247 g/mol. The van der Waals surface area contributed by atoms with E-state index in [0.717, 1.165) is 24.3 Å². The topological polar surface area (TPSA) is 47.7 Å². The summed E-state index contributed by atoms with van der Waals surface area (Å²) in [7, 11) is 3.87. The maximum atomic E-state index is 4.52. The lowest BCUT2D eigenvalue weighted by molar-refractivity contribution is 0.552. The highest BCUT2D eigenvalue weighted by molar-refractivity contribution is 5.60. The molecule has 98 valence electrons. The predicted octanol–water partition coefficient (Wildman–Crippen LogP) is 1.57. The number of nitrogens with one attached hydrogen (secondary N) is 1. The standard InChI is InChI=1S/C13H21N5/c1-10(2)5-14-6-11-9-18(4)16-13(11)12-7-15-17(3)8-12/h7-10,14H,5-6H2,1-4H3. The Morgan fingerprint density at radius 3 is 2.61 bits per heavy atom. The first-order chi connectivity index (χ1) is 8.56. The summed E-state index contributed by atoms with van der Waals surface area (Å²) in [5.74, 6) is 0.656. The van der Waals surface area contributed by atoms with Crippen LogP contribution < -0.4 is 5.32 Å². The van der Waals surface area contributed by atoms with E-state index in [1.807, 2.05) is 31.2 Å². The number of nitrogens with zero attached hydrogens (tertiary/aromatic N) is 4. The molecule has 1 N–H and O–H groups in total. The monoisotopic (exact) mass is 247 g/mol. The Bertz CT molecular complexity index is 509. The van der Waals surface area contributed by atoms with Gasteiger partial charge in [-0.05, 0) is 12.5 Å². The maximum absolute atomic E-state index is 4.52. The highest BCUT2D eigenvalue weighted by Gasteiger charge is 2.11. The molecular formula is C13H21N5. The fourth-order valence-electron chi connectivity index (χ4n) is 1.95. The van der Waals surface area contributed by atoms with Crippen molar-refractivity contribution in [3.8, 4) is 11.3 Å². The molecule has 0 aliphatic carbocycles. The summed E-state index contributed by atoms with van der Waals surface area (Å²) in [4.78, 5) is 0. The molecule has 0 spiro atoms. The molecule has 0 saturated carbocycles. The molecule has 0 bridgehead atoms. The summed E-state index contributed by atoms with van der Waals surface area (Å²) >= 11 is 0. The molecule has 2 rings (SSSR count). The minimum absolute atomic E-state index is 0.656. The Morgan fingerprint density at radius 1 is 1.22 bits per heavy atom. The second-order valence-electron chi connectivity index (χ2n) is 5.10. The lowest BCUT2D eigenvalue weighted by Gasteiger charge is -2.06. The van der Waals surface area contributed by atoms with Crippen molar-refractivity contribution in [3.05, 3.63) is 24.2 Å². The molecular weight excluding hydrogens is 226 g/mol. The van der Waals surface area contributed by atoms with Crippen LogP contribution in [0.1, 0.15) is 19.4 Å². The van der Waals surface area contributed by atoms with Crippen molar-refractivity contribution in [1.82, 2.24) is 24.9 Å². The number of aryl methyl sites for hydroxylation is 2. The van der Waals surface area contributed by atoms with Crippen LogP contribution in [0.3, 0.4) is 0 Å². The second-order valence-corrected chi connectivity index (χ2v) is 5.10. The number of rotatable bonds is 5. The summed E-state index contributed by atoms with van der Waals surface area (Å²) in [6.45, 7) is 6.27. The molecule has 5 heteroatoms. The van der Waals surface area contributed by atoms with E-state index in [9.17, 15) is 0 Å². The Balaban J connectivity index is 2.15. The zero-order valence-corrected chi connectivity index (χ0v) is 11.5. The Kier molecular flexibility index (Phi) is 3.81. The summed E-state index contributed by atoms with van der Waals surface area (Å²) in [6, 6.07) is 0. The normalized spacial score (nSPS) is 11.4. The molecule has 0 atom stereocenters. The summed E-state index contributed by atoms with van der Waals surface area (Å²) in [5, 5.41) is 12.2. The van der Waals surface area contributed by atoms with E-state index in [0.29, 0.717) is 5.92 Å². The fraction of sp³-hybridized carbons (Fsp3) is 0.538. The van der Waals surface area contributed by atoms with Gasteiger partial charge in [0.1, 0.15) is 0 Å². The molecule has 0 aliphatic heterocycles. The average Bonchev–Trinajstić information content (AvgIpc) is 2.84. The van der Waals surface area contributed by atoms with Gasteiger partial charge in [-0.1, -0.05) is 13.8 Å². The molecule has 0 fully saturated rings. The van der Waals surface area contributed by atoms with Crippen LogP contribution in [0.2, 0.25) is 0 Å². The lowest BCUT2D eigenvalue weighted by Crippen LogP contribution is -2.19. The number of hydrogen-bond donors (Lipinski definition) is 1. The summed E-state index contributed by atoms with van der Waals surface area (Å²) < 4.78 is 3.66. The minimum Gasteiger partial charge on any atom is -0.312 e. The largest absolute Gasteiger partial charge is 0.312 e. The van der Waals surface area contributed by atoms with Crippen molar-refractivity contribution in [1.29, 1.82) is 0 Å². The lowest BCUT2D eigenvalue weighted by atomic mass is 10.1. The smallest absolute Gasteiger partial charge is 0.0999 e. The van der Waals surface area contributed by atoms with Crippen LogP contribution in [0.15, 0.2) is 18.6 Å². The molecule has 18 heavy (non-hydrogen) atoms. The molecule has 2 aromatic rings. The molecule has 0 unspecified atom stereocenters. The molecule has 0 amide bonds. The van der Waals surface area contributed by atoms with Crippen LogP contribution in [-0.4, -0.2) is 26.1 Å². The zero-order chi connectivity index (χ0) is 13.1. The molecule has 0 radical (unpaired) electrons. The van der Waals surface area contributed by atoms with Gasteiger partial charge in [-0.2, -0.15) is 10.2 Å². The molecule has 0 aromatic carbocycles. The van der Waals surface area contributed by atoms with Gasteiger partial charge in [-0.25, -0.2) is 0 Å². The molecule has 0 aliphatic rings. The minimum atomic E-state index is 0.656. The van der Waals surface area contributed by atoms with Gasteiger partial charge in [0.15, 0.2) is 0 Å². The van der Waals surface area contributed by atoms with Crippen molar-refractivity contribution < 1.29 is 0 Å². The van der Waals surface area contributed by atoms with Crippen LogP contribution in [-0.2, 0) is 20.6 Å². The van der Waals surface area contributed by atoms with E-state index in [1.165, 1.54) is 5.56 Å². The highest BCUT2D eigenvalue weighted by atomic mass is 15.3. The van der Waals surface area contributed by atoms with Crippen molar-refractivity contribution in [2.24, 2.45) is 20.0 Å². The Hall–Kier alpha value is -1.62. The zero-order valence-electron chi connectivity index (χ0n) is 11.5. The van der Waals surface area contributed by atoms with Crippen LogP contribution in [0, 0.1) is 5.92 Å². The maximum Gasteiger partial charge on any atom is 0.0999 e. The van der Waals surface area contributed by atoms with Crippen molar-refractivity contribution in [2.45, 2.75) is 20.4 Å². The van der Waals surface area contributed by atoms with Gasteiger partial charge in [0.2, 0.25) is 0 Å². The van der Waals surface area contributed by atoms with Crippen molar-refractivity contribution >= 4 is 0 Å². The molecule has 2 heterocycles.